The lowest BCUT2D eigenvalue weighted by Crippen LogP contribution is -2.37. The summed E-state index contributed by atoms with van der Waals surface area (Å²) >= 11 is 1.44. The number of benzene rings is 1. The van der Waals surface area contributed by atoms with Gasteiger partial charge in [-0.25, -0.2) is 8.42 Å². The molecule has 1 amide bonds. The highest BCUT2D eigenvalue weighted by molar-refractivity contribution is 8.15. The molecule has 0 saturated carbocycles. The number of hydrogen-bond acceptors (Lipinski definition) is 4. The van der Waals surface area contributed by atoms with Crippen LogP contribution in [0, 0.1) is 12.8 Å². The van der Waals surface area contributed by atoms with E-state index in [4.69, 9.17) is 0 Å². The fourth-order valence-electron chi connectivity index (χ4n) is 2.93. The summed E-state index contributed by atoms with van der Waals surface area (Å²) in [6, 6.07) is 8.06. The van der Waals surface area contributed by atoms with Crippen LogP contribution in [0.15, 0.2) is 29.3 Å². The van der Waals surface area contributed by atoms with Crippen molar-refractivity contribution in [2.45, 2.75) is 38.6 Å². The summed E-state index contributed by atoms with van der Waals surface area (Å²) in [7, 11) is -3.01. The maximum atomic E-state index is 12.0. The molecule has 2 fully saturated rings. The number of sulfone groups is 1. The quantitative estimate of drug-likeness (QED) is 0.821. The van der Waals surface area contributed by atoms with Gasteiger partial charge in [0.05, 0.1) is 17.5 Å². The Bertz CT molecular complexity index is 770. The van der Waals surface area contributed by atoms with Crippen molar-refractivity contribution in [2.24, 2.45) is 10.9 Å². The maximum absolute atomic E-state index is 12.0. The average molecular weight is 367 g/mol. The summed E-state index contributed by atoms with van der Waals surface area (Å²) < 4.78 is 24.0. The van der Waals surface area contributed by atoms with Gasteiger partial charge in [0.25, 0.3) is 5.91 Å². The molecule has 1 aromatic carbocycles. The van der Waals surface area contributed by atoms with E-state index in [1.165, 1.54) is 17.3 Å². The van der Waals surface area contributed by atoms with Crippen molar-refractivity contribution in [1.82, 2.24) is 4.90 Å². The van der Waals surface area contributed by atoms with Crippen LogP contribution in [-0.4, -0.2) is 47.2 Å². The van der Waals surface area contributed by atoms with Crippen molar-refractivity contribution < 1.29 is 13.2 Å². The number of thioether (sulfide) groups is 1. The largest absolute Gasteiger partial charge is 0.342 e. The van der Waals surface area contributed by atoms with Crippen molar-refractivity contribution in [2.75, 3.05) is 11.5 Å². The topological polar surface area (TPSA) is 66.8 Å². The molecule has 0 N–H and O–H groups in total. The van der Waals surface area contributed by atoms with Crippen LogP contribution in [0.3, 0.4) is 0 Å². The molecule has 0 aromatic heterocycles. The first kappa shape index (κ1) is 17.5. The minimum Gasteiger partial charge on any atom is -0.342 e. The van der Waals surface area contributed by atoms with E-state index in [9.17, 15) is 13.2 Å². The standard InChI is InChI=1S/C17H22N2O3S2/c1-11(2)16(20)18-17-19(8-13-6-4-12(3)5-7-13)14-9-24(21,22)10-15(14)23-17/h4-7,11,14-15H,8-10H2,1-3H3/t14-,15+/m0/s1. The SMILES string of the molecule is Cc1ccc(CN2C(=NC(=O)C(C)C)S[C@@H]3CS(=O)(=O)C[C@@H]32)cc1. The predicted octanol–water partition coefficient (Wildman–Crippen LogP) is 2.25. The molecule has 0 unspecified atom stereocenters. The van der Waals surface area contributed by atoms with Crippen molar-refractivity contribution in [3.8, 4) is 0 Å². The first-order valence-corrected chi connectivity index (χ1v) is 10.8. The number of aliphatic imine (C=N–C) groups is 1. The van der Waals surface area contributed by atoms with Gasteiger partial charge >= 0.3 is 0 Å². The summed E-state index contributed by atoms with van der Waals surface area (Å²) in [4.78, 5) is 18.3. The van der Waals surface area contributed by atoms with Gasteiger partial charge in [0.1, 0.15) is 0 Å². The highest BCUT2D eigenvalue weighted by Crippen LogP contribution is 2.39. The van der Waals surface area contributed by atoms with Gasteiger partial charge in [0.15, 0.2) is 15.0 Å². The Morgan fingerprint density at radius 2 is 1.96 bits per heavy atom. The average Bonchev–Trinajstić information content (AvgIpc) is 2.94. The van der Waals surface area contributed by atoms with Crippen molar-refractivity contribution in [1.29, 1.82) is 0 Å². The molecule has 0 radical (unpaired) electrons. The van der Waals surface area contributed by atoms with Crippen LogP contribution in [0.4, 0.5) is 0 Å². The molecule has 2 aliphatic rings. The Hall–Kier alpha value is -1.34. The Morgan fingerprint density at radius 1 is 1.29 bits per heavy atom. The number of amidine groups is 1. The number of rotatable bonds is 3. The zero-order valence-corrected chi connectivity index (χ0v) is 15.7. The van der Waals surface area contributed by atoms with Crippen LogP contribution in [0.2, 0.25) is 0 Å². The maximum Gasteiger partial charge on any atom is 0.250 e. The summed E-state index contributed by atoms with van der Waals surface area (Å²) in [5.41, 5.74) is 2.27. The normalized spacial score (nSPS) is 27.0. The van der Waals surface area contributed by atoms with Crippen LogP contribution >= 0.6 is 11.8 Å². The highest BCUT2D eigenvalue weighted by Gasteiger charge is 2.48. The summed E-state index contributed by atoms with van der Waals surface area (Å²) in [5.74, 6) is -0.00900. The van der Waals surface area contributed by atoms with Gasteiger partial charge in [-0.2, -0.15) is 4.99 Å². The summed E-state index contributed by atoms with van der Waals surface area (Å²) in [5, 5.41) is 0.637. The zero-order valence-electron chi connectivity index (χ0n) is 14.1. The summed E-state index contributed by atoms with van der Waals surface area (Å²) in [6.07, 6.45) is 0. The van der Waals surface area contributed by atoms with E-state index < -0.39 is 9.84 Å². The molecule has 2 atom stereocenters. The van der Waals surface area contributed by atoms with E-state index in [-0.39, 0.29) is 34.6 Å². The second-order valence-corrected chi connectivity index (χ2v) is 10.2. The van der Waals surface area contributed by atoms with Gasteiger partial charge in [0.2, 0.25) is 0 Å². The minimum absolute atomic E-state index is 0.0286. The van der Waals surface area contributed by atoms with Crippen LogP contribution < -0.4 is 0 Å². The third-order valence-electron chi connectivity index (χ3n) is 4.35. The van der Waals surface area contributed by atoms with Gasteiger partial charge in [-0.15, -0.1) is 0 Å². The minimum atomic E-state index is -3.01. The number of nitrogens with zero attached hydrogens (tertiary/aromatic N) is 2. The Balaban J connectivity index is 1.89. The molecule has 0 bridgehead atoms. The number of hydrogen-bond donors (Lipinski definition) is 0. The molecular formula is C17H22N2O3S2. The first-order chi connectivity index (χ1) is 11.2. The molecule has 24 heavy (non-hydrogen) atoms. The molecule has 2 saturated heterocycles. The van der Waals surface area contributed by atoms with E-state index in [0.717, 1.165) is 5.56 Å². The zero-order chi connectivity index (χ0) is 17.5. The fraction of sp³-hybridized carbons (Fsp3) is 0.529. The second-order valence-electron chi connectivity index (χ2n) is 6.80. The monoisotopic (exact) mass is 366 g/mol. The van der Waals surface area contributed by atoms with Gasteiger partial charge in [-0.1, -0.05) is 55.4 Å². The highest BCUT2D eigenvalue weighted by atomic mass is 32.2. The molecule has 0 aliphatic carbocycles. The number of carbonyl (C=O) groups excluding carboxylic acids is 1. The van der Waals surface area contributed by atoms with Gasteiger partial charge in [-0.05, 0) is 12.5 Å². The Kier molecular flexibility index (Phi) is 4.75. The fourth-order valence-corrected chi connectivity index (χ4v) is 6.89. The van der Waals surface area contributed by atoms with Crippen LogP contribution in [0.5, 0.6) is 0 Å². The number of amides is 1. The van der Waals surface area contributed by atoms with Crippen molar-refractivity contribution >= 4 is 32.7 Å². The Labute approximate surface area is 147 Å². The molecule has 7 heteroatoms. The third kappa shape index (κ3) is 3.67. The molecule has 3 rings (SSSR count). The Morgan fingerprint density at radius 3 is 2.58 bits per heavy atom. The molecule has 2 aliphatic heterocycles. The number of carbonyl (C=O) groups is 1. The lowest BCUT2D eigenvalue weighted by atomic mass is 10.1. The van der Waals surface area contributed by atoms with Crippen LogP contribution in [0.25, 0.3) is 0 Å². The number of aryl methyl sites for hydroxylation is 1. The van der Waals surface area contributed by atoms with E-state index in [1.54, 1.807) is 0 Å². The lowest BCUT2D eigenvalue weighted by molar-refractivity contribution is -0.120. The van der Waals surface area contributed by atoms with Gasteiger partial charge < -0.3 is 4.90 Å². The molecule has 0 spiro atoms. The smallest absolute Gasteiger partial charge is 0.250 e. The van der Waals surface area contributed by atoms with E-state index in [0.29, 0.717) is 11.7 Å². The molecule has 2 heterocycles. The van der Waals surface area contributed by atoms with E-state index in [2.05, 4.69) is 4.99 Å². The van der Waals surface area contributed by atoms with E-state index >= 15 is 0 Å². The van der Waals surface area contributed by atoms with Crippen molar-refractivity contribution in [3.05, 3.63) is 35.4 Å². The molecule has 1 aromatic rings. The molecule has 130 valence electrons. The number of fused-ring (bicyclic) bond motifs is 1. The third-order valence-corrected chi connectivity index (χ3v) is 7.60. The molecule has 5 nitrogen and oxygen atoms in total. The van der Waals surface area contributed by atoms with Crippen LogP contribution in [0.1, 0.15) is 25.0 Å². The van der Waals surface area contributed by atoms with Crippen LogP contribution in [-0.2, 0) is 21.2 Å². The summed E-state index contributed by atoms with van der Waals surface area (Å²) in [6.45, 7) is 6.25. The van der Waals surface area contributed by atoms with Gasteiger partial charge in [0, 0.05) is 17.7 Å². The second kappa shape index (κ2) is 6.52. The van der Waals surface area contributed by atoms with Gasteiger partial charge in [-0.3, -0.25) is 4.79 Å². The van der Waals surface area contributed by atoms with Crippen molar-refractivity contribution in [3.63, 3.8) is 0 Å². The predicted molar refractivity (Wildman–Crippen MR) is 97.8 cm³/mol. The first-order valence-electron chi connectivity index (χ1n) is 8.07. The van der Waals surface area contributed by atoms with E-state index in [1.807, 2.05) is 49.9 Å². The lowest BCUT2D eigenvalue weighted by Gasteiger charge is -2.24. The molecular weight excluding hydrogens is 344 g/mol.